The lowest BCUT2D eigenvalue weighted by Crippen LogP contribution is -2.41. The first-order valence-electron chi connectivity index (χ1n) is 8.54. The van der Waals surface area contributed by atoms with Crippen molar-refractivity contribution >= 4 is 11.8 Å². The minimum absolute atomic E-state index is 0.0262. The second-order valence-corrected chi connectivity index (χ2v) is 6.69. The summed E-state index contributed by atoms with van der Waals surface area (Å²) < 4.78 is 5.12. The predicted molar refractivity (Wildman–Crippen MR) is 84.8 cm³/mol. The van der Waals surface area contributed by atoms with E-state index in [0.29, 0.717) is 25.3 Å². The van der Waals surface area contributed by atoms with Gasteiger partial charge >= 0.3 is 0 Å². The molecule has 2 amide bonds. The molecule has 23 heavy (non-hydrogen) atoms. The maximum Gasteiger partial charge on any atom is 0.227 e. The molecule has 0 saturated carbocycles. The highest BCUT2D eigenvalue weighted by molar-refractivity contribution is 5.83. The summed E-state index contributed by atoms with van der Waals surface area (Å²) in [6.45, 7) is 6.66. The molecule has 2 saturated heterocycles. The molecule has 0 spiro atoms. The standard InChI is InChI=1S/C17H25N3O3/c1-12-15(13(2)23-18-12)10-16(21)20-9-6-14(11-20)17(22)19-7-4-3-5-8-19/h14H,3-11H2,1-2H3. The van der Waals surface area contributed by atoms with Gasteiger partial charge in [-0.3, -0.25) is 9.59 Å². The lowest BCUT2D eigenvalue weighted by molar-refractivity contribution is -0.136. The fourth-order valence-electron chi connectivity index (χ4n) is 3.58. The molecule has 2 aliphatic rings. The summed E-state index contributed by atoms with van der Waals surface area (Å²) in [5.41, 5.74) is 1.65. The third-order valence-corrected chi connectivity index (χ3v) is 5.07. The van der Waals surface area contributed by atoms with Gasteiger partial charge in [0, 0.05) is 31.7 Å². The molecule has 2 aliphatic heterocycles. The molecule has 0 aliphatic carbocycles. The molecule has 1 unspecified atom stereocenters. The number of likely N-dealkylation sites (tertiary alicyclic amines) is 2. The number of amides is 2. The fourth-order valence-corrected chi connectivity index (χ4v) is 3.58. The topological polar surface area (TPSA) is 66.7 Å². The molecule has 0 aromatic carbocycles. The number of aromatic nitrogens is 1. The van der Waals surface area contributed by atoms with Gasteiger partial charge in [0.05, 0.1) is 18.0 Å². The average Bonchev–Trinajstić information content (AvgIpc) is 3.17. The molecular weight excluding hydrogens is 294 g/mol. The first-order chi connectivity index (χ1) is 11.1. The van der Waals surface area contributed by atoms with Crippen LogP contribution in [0.2, 0.25) is 0 Å². The molecule has 3 heterocycles. The lowest BCUT2D eigenvalue weighted by atomic mass is 10.0. The number of carbonyl (C=O) groups excluding carboxylic acids is 2. The maximum atomic E-state index is 12.6. The van der Waals surface area contributed by atoms with E-state index in [4.69, 9.17) is 4.52 Å². The molecule has 0 bridgehead atoms. The summed E-state index contributed by atoms with van der Waals surface area (Å²) in [5, 5.41) is 3.89. The molecule has 126 valence electrons. The summed E-state index contributed by atoms with van der Waals surface area (Å²) in [7, 11) is 0. The normalized spacial score (nSPS) is 21.7. The summed E-state index contributed by atoms with van der Waals surface area (Å²) in [6.07, 6.45) is 4.52. The van der Waals surface area contributed by atoms with Crippen LogP contribution >= 0.6 is 0 Å². The highest BCUT2D eigenvalue weighted by Crippen LogP contribution is 2.23. The van der Waals surface area contributed by atoms with Gasteiger partial charge in [0.15, 0.2) is 0 Å². The van der Waals surface area contributed by atoms with Crippen molar-refractivity contribution < 1.29 is 14.1 Å². The molecule has 0 radical (unpaired) electrons. The van der Waals surface area contributed by atoms with Gasteiger partial charge in [-0.1, -0.05) is 5.16 Å². The van der Waals surface area contributed by atoms with Gasteiger partial charge in [-0.05, 0) is 39.5 Å². The molecule has 6 heteroatoms. The van der Waals surface area contributed by atoms with Crippen LogP contribution < -0.4 is 0 Å². The van der Waals surface area contributed by atoms with Crippen molar-refractivity contribution in [3.05, 3.63) is 17.0 Å². The number of hydrogen-bond acceptors (Lipinski definition) is 4. The van der Waals surface area contributed by atoms with E-state index in [0.717, 1.165) is 43.6 Å². The van der Waals surface area contributed by atoms with Crippen molar-refractivity contribution in [3.8, 4) is 0 Å². The zero-order chi connectivity index (χ0) is 16.4. The van der Waals surface area contributed by atoms with E-state index < -0.39 is 0 Å². The Morgan fingerprint density at radius 2 is 1.87 bits per heavy atom. The molecule has 2 fully saturated rings. The fraction of sp³-hybridized carbons (Fsp3) is 0.706. The second-order valence-electron chi connectivity index (χ2n) is 6.69. The summed E-state index contributed by atoms with van der Waals surface area (Å²) in [6, 6.07) is 0. The van der Waals surface area contributed by atoms with Crippen LogP contribution in [-0.2, 0) is 16.0 Å². The molecule has 0 N–H and O–H groups in total. The van der Waals surface area contributed by atoms with Crippen molar-refractivity contribution in [3.63, 3.8) is 0 Å². The Labute approximate surface area is 136 Å². The summed E-state index contributed by atoms with van der Waals surface area (Å²) in [5.74, 6) is 0.975. The number of nitrogens with zero attached hydrogens (tertiary/aromatic N) is 3. The van der Waals surface area contributed by atoms with E-state index in [2.05, 4.69) is 5.16 Å². The van der Waals surface area contributed by atoms with E-state index in [1.165, 1.54) is 6.42 Å². The Morgan fingerprint density at radius 3 is 2.52 bits per heavy atom. The second kappa shape index (κ2) is 6.72. The quantitative estimate of drug-likeness (QED) is 0.850. The number of carbonyl (C=O) groups is 2. The Kier molecular flexibility index (Phi) is 4.68. The molecule has 3 rings (SSSR count). The Balaban J connectivity index is 1.56. The van der Waals surface area contributed by atoms with Crippen LogP contribution in [0.4, 0.5) is 0 Å². The smallest absolute Gasteiger partial charge is 0.227 e. The van der Waals surface area contributed by atoms with Crippen LogP contribution in [0.1, 0.15) is 42.7 Å². The number of aryl methyl sites for hydroxylation is 2. The largest absolute Gasteiger partial charge is 0.361 e. The van der Waals surface area contributed by atoms with E-state index >= 15 is 0 Å². The van der Waals surface area contributed by atoms with Crippen LogP contribution in [0.25, 0.3) is 0 Å². The highest BCUT2D eigenvalue weighted by Gasteiger charge is 2.34. The monoisotopic (exact) mass is 319 g/mol. The Morgan fingerprint density at radius 1 is 1.13 bits per heavy atom. The lowest BCUT2D eigenvalue weighted by Gasteiger charge is -2.29. The summed E-state index contributed by atoms with van der Waals surface area (Å²) in [4.78, 5) is 28.9. The zero-order valence-electron chi connectivity index (χ0n) is 14.0. The van der Waals surface area contributed by atoms with Gasteiger partial charge in [0.25, 0.3) is 0 Å². The third kappa shape index (κ3) is 3.41. The van der Waals surface area contributed by atoms with Gasteiger partial charge in [-0.15, -0.1) is 0 Å². The third-order valence-electron chi connectivity index (χ3n) is 5.07. The molecular formula is C17H25N3O3. The zero-order valence-corrected chi connectivity index (χ0v) is 14.0. The molecule has 1 atom stereocenters. The predicted octanol–water partition coefficient (Wildman–Crippen LogP) is 1.69. The van der Waals surface area contributed by atoms with E-state index in [-0.39, 0.29) is 17.7 Å². The highest BCUT2D eigenvalue weighted by atomic mass is 16.5. The van der Waals surface area contributed by atoms with Gasteiger partial charge < -0.3 is 14.3 Å². The van der Waals surface area contributed by atoms with Gasteiger partial charge in [-0.25, -0.2) is 0 Å². The first kappa shape index (κ1) is 16.0. The van der Waals surface area contributed by atoms with Crippen LogP contribution in [0, 0.1) is 19.8 Å². The minimum atomic E-state index is -0.0262. The van der Waals surface area contributed by atoms with Crippen molar-refractivity contribution in [1.82, 2.24) is 15.0 Å². The minimum Gasteiger partial charge on any atom is -0.361 e. The van der Waals surface area contributed by atoms with Crippen molar-refractivity contribution in [2.24, 2.45) is 5.92 Å². The summed E-state index contributed by atoms with van der Waals surface area (Å²) >= 11 is 0. The van der Waals surface area contributed by atoms with Crippen LogP contribution in [0.3, 0.4) is 0 Å². The van der Waals surface area contributed by atoms with Crippen molar-refractivity contribution in [2.75, 3.05) is 26.2 Å². The van der Waals surface area contributed by atoms with Crippen molar-refractivity contribution in [1.29, 1.82) is 0 Å². The molecule has 1 aromatic rings. The first-order valence-corrected chi connectivity index (χ1v) is 8.54. The van der Waals surface area contributed by atoms with E-state index in [1.807, 2.05) is 23.6 Å². The van der Waals surface area contributed by atoms with Crippen LogP contribution in [0.5, 0.6) is 0 Å². The Hall–Kier alpha value is -1.85. The Bertz CT molecular complexity index is 570. The average molecular weight is 319 g/mol. The van der Waals surface area contributed by atoms with E-state index in [9.17, 15) is 9.59 Å². The number of hydrogen-bond donors (Lipinski definition) is 0. The SMILES string of the molecule is Cc1noc(C)c1CC(=O)N1CCC(C(=O)N2CCCCC2)C1. The van der Waals surface area contributed by atoms with Crippen LogP contribution in [-0.4, -0.2) is 52.9 Å². The van der Waals surface area contributed by atoms with Gasteiger partial charge in [-0.2, -0.15) is 0 Å². The molecule has 6 nitrogen and oxygen atoms in total. The van der Waals surface area contributed by atoms with Crippen LogP contribution in [0.15, 0.2) is 4.52 Å². The maximum absolute atomic E-state index is 12.6. The van der Waals surface area contributed by atoms with E-state index in [1.54, 1.807) is 0 Å². The number of piperidine rings is 1. The van der Waals surface area contributed by atoms with Crippen molar-refractivity contribution in [2.45, 2.75) is 46.0 Å². The van der Waals surface area contributed by atoms with Gasteiger partial charge in [0.2, 0.25) is 11.8 Å². The van der Waals surface area contributed by atoms with Gasteiger partial charge in [0.1, 0.15) is 5.76 Å². The number of rotatable bonds is 3. The molecule has 1 aromatic heterocycles.